The van der Waals surface area contributed by atoms with Crippen LogP contribution in [0.25, 0.3) is 22.0 Å². The molecule has 3 rings (SSSR count). The van der Waals surface area contributed by atoms with Gasteiger partial charge in [0.05, 0.1) is 11.7 Å². The number of hydrogen-bond donors (Lipinski definition) is 1. The summed E-state index contributed by atoms with van der Waals surface area (Å²) in [6.07, 6.45) is 3.16. The lowest BCUT2D eigenvalue weighted by molar-refractivity contribution is 0.473. The van der Waals surface area contributed by atoms with Crippen molar-refractivity contribution in [2.75, 3.05) is 0 Å². The number of pyridine rings is 2. The second-order valence-corrected chi connectivity index (χ2v) is 4.29. The Hall–Kier alpha value is -2.42. The first kappa shape index (κ1) is 10.7. The van der Waals surface area contributed by atoms with Gasteiger partial charge >= 0.3 is 0 Å². The van der Waals surface area contributed by atoms with Crippen LogP contribution in [0, 0.1) is 6.92 Å². The van der Waals surface area contributed by atoms with Gasteiger partial charge in [-0.05, 0) is 36.8 Å². The van der Waals surface area contributed by atoms with Gasteiger partial charge in [-0.2, -0.15) is 0 Å². The van der Waals surface area contributed by atoms with E-state index in [9.17, 15) is 5.11 Å². The van der Waals surface area contributed by atoms with Crippen molar-refractivity contribution in [3.63, 3.8) is 0 Å². The zero-order valence-electron chi connectivity index (χ0n) is 9.96. The lowest BCUT2D eigenvalue weighted by Crippen LogP contribution is -1.85. The lowest BCUT2D eigenvalue weighted by Gasteiger charge is -2.04. The molecule has 0 unspecified atom stereocenters. The van der Waals surface area contributed by atoms with Crippen LogP contribution in [0.15, 0.2) is 48.8 Å². The van der Waals surface area contributed by atoms with Crippen LogP contribution in [-0.2, 0) is 0 Å². The van der Waals surface area contributed by atoms with Gasteiger partial charge in [0, 0.05) is 22.8 Å². The minimum Gasteiger partial charge on any atom is -0.506 e. The summed E-state index contributed by atoms with van der Waals surface area (Å²) in [7, 11) is 0. The Bertz CT molecular complexity index is 723. The Morgan fingerprint density at radius 2 is 1.83 bits per heavy atom. The van der Waals surface area contributed by atoms with Crippen molar-refractivity contribution in [2.24, 2.45) is 0 Å². The third-order valence-corrected chi connectivity index (χ3v) is 2.89. The van der Waals surface area contributed by atoms with Gasteiger partial charge < -0.3 is 5.11 Å². The fourth-order valence-corrected chi connectivity index (χ4v) is 1.99. The van der Waals surface area contributed by atoms with Gasteiger partial charge in [0.25, 0.3) is 0 Å². The Balaban J connectivity index is 2.16. The molecule has 0 fully saturated rings. The summed E-state index contributed by atoms with van der Waals surface area (Å²) in [4.78, 5) is 8.45. The number of aryl methyl sites for hydroxylation is 1. The smallest absolute Gasteiger partial charge is 0.134 e. The van der Waals surface area contributed by atoms with Gasteiger partial charge in [0.2, 0.25) is 0 Å². The molecule has 0 atom stereocenters. The normalized spacial score (nSPS) is 10.7. The van der Waals surface area contributed by atoms with Crippen LogP contribution in [0.5, 0.6) is 5.75 Å². The van der Waals surface area contributed by atoms with Crippen molar-refractivity contribution >= 4 is 10.9 Å². The summed E-state index contributed by atoms with van der Waals surface area (Å²) >= 11 is 0. The van der Waals surface area contributed by atoms with Crippen molar-refractivity contribution in [1.82, 2.24) is 9.97 Å². The van der Waals surface area contributed by atoms with E-state index in [1.165, 1.54) is 6.20 Å². The quantitative estimate of drug-likeness (QED) is 0.705. The van der Waals surface area contributed by atoms with Gasteiger partial charge in [-0.25, -0.2) is 0 Å². The van der Waals surface area contributed by atoms with E-state index in [0.717, 1.165) is 27.7 Å². The molecule has 0 amide bonds. The number of benzene rings is 1. The summed E-state index contributed by atoms with van der Waals surface area (Å²) in [6, 6.07) is 11.8. The Labute approximate surface area is 105 Å². The minimum atomic E-state index is 0.176. The monoisotopic (exact) mass is 236 g/mol. The van der Waals surface area contributed by atoms with Crippen LogP contribution in [0.4, 0.5) is 0 Å². The molecule has 2 aromatic heterocycles. The molecule has 0 aliphatic carbocycles. The molecule has 0 saturated heterocycles. The van der Waals surface area contributed by atoms with Crippen molar-refractivity contribution in [1.29, 1.82) is 0 Å². The number of nitrogens with zero attached hydrogens (tertiary/aromatic N) is 2. The van der Waals surface area contributed by atoms with E-state index in [-0.39, 0.29) is 5.75 Å². The summed E-state index contributed by atoms with van der Waals surface area (Å²) in [5.41, 5.74) is 3.91. The van der Waals surface area contributed by atoms with Gasteiger partial charge in [0.1, 0.15) is 5.75 Å². The van der Waals surface area contributed by atoms with Gasteiger partial charge in [0.15, 0.2) is 0 Å². The van der Waals surface area contributed by atoms with Crippen LogP contribution in [0.3, 0.4) is 0 Å². The molecular formula is C15H12N2O. The average molecular weight is 236 g/mol. The van der Waals surface area contributed by atoms with Crippen molar-refractivity contribution in [3.8, 4) is 16.9 Å². The van der Waals surface area contributed by atoms with E-state index >= 15 is 0 Å². The van der Waals surface area contributed by atoms with Gasteiger partial charge in [-0.15, -0.1) is 0 Å². The van der Waals surface area contributed by atoms with Crippen molar-refractivity contribution in [3.05, 3.63) is 54.5 Å². The maximum absolute atomic E-state index is 9.45. The van der Waals surface area contributed by atoms with Crippen molar-refractivity contribution < 1.29 is 5.11 Å². The number of rotatable bonds is 1. The summed E-state index contributed by atoms with van der Waals surface area (Å²) in [5, 5.41) is 10.5. The second-order valence-electron chi connectivity index (χ2n) is 4.29. The highest BCUT2D eigenvalue weighted by Gasteiger charge is 2.02. The molecule has 2 heterocycles. The molecule has 0 aliphatic heterocycles. The molecular weight excluding hydrogens is 224 g/mol. The lowest BCUT2D eigenvalue weighted by atomic mass is 10.0. The minimum absolute atomic E-state index is 0.176. The number of aromatic hydroxyl groups is 1. The first-order chi connectivity index (χ1) is 8.72. The first-order valence-electron chi connectivity index (χ1n) is 5.74. The molecule has 0 saturated carbocycles. The average Bonchev–Trinajstić information content (AvgIpc) is 2.38. The highest BCUT2D eigenvalue weighted by molar-refractivity contribution is 5.84. The Morgan fingerprint density at radius 1 is 0.944 bits per heavy atom. The third kappa shape index (κ3) is 1.91. The van der Waals surface area contributed by atoms with E-state index in [2.05, 4.69) is 22.1 Å². The molecule has 88 valence electrons. The highest BCUT2D eigenvalue weighted by atomic mass is 16.3. The Kier molecular flexibility index (Phi) is 2.45. The van der Waals surface area contributed by atoms with E-state index in [1.807, 2.05) is 25.1 Å². The second kappa shape index (κ2) is 4.11. The fourth-order valence-electron chi connectivity index (χ4n) is 1.99. The number of fused-ring (bicyclic) bond motifs is 1. The first-order valence-corrected chi connectivity index (χ1v) is 5.74. The molecule has 0 bridgehead atoms. The third-order valence-electron chi connectivity index (χ3n) is 2.89. The van der Waals surface area contributed by atoms with Crippen LogP contribution in [-0.4, -0.2) is 15.1 Å². The highest BCUT2D eigenvalue weighted by Crippen LogP contribution is 2.25. The van der Waals surface area contributed by atoms with Gasteiger partial charge in [-0.3, -0.25) is 9.97 Å². The molecule has 0 spiro atoms. The molecule has 3 nitrogen and oxygen atoms in total. The molecule has 1 aromatic carbocycles. The van der Waals surface area contributed by atoms with Gasteiger partial charge in [-0.1, -0.05) is 12.1 Å². The maximum atomic E-state index is 9.45. The molecule has 0 aliphatic rings. The predicted molar refractivity (Wildman–Crippen MR) is 71.4 cm³/mol. The van der Waals surface area contributed by atoms with E-state index in [0.29, 0.717) is 0 Å². The fraction of sp³-hybridized carbons (Fsp3) is 0.0667. The maximum Gasteiger partial charge on any atom is 0.134 e. The summed E-state index contributed by atoms with van der Waals surface area (Å²) < 4.78 is 0. The van der Waals surface area contributed by atoms with Crippen LogP contribution in [0.1, 0.15) is 5.69 Å². The van der Waals surface area contributed by atoms with Crippen LogP contribution < -0.4 is 0 Å². The summed E-state index contributed by atoms with van der Waals surface area (Å²) in [6.45, 7) is 1.98. The van der Waals surface area contributed by atoms with Crippen LogP contribution >= 0.6 is 0 Å². The zero-order valence-corrected chi connectivity index (χ0v) is 9.96. The molecule has 3 heteroatoms. The molecule has 18 heavy (non-hydrogen) atoms. The standard InChI is InChI=1S/C15H12N2O/c1-10-2-3-12-6-11(4-5-15(12)17-10)13-7-14(18)9-16-8-13/h2-9,18H,1H3. The predicted octanol–water partition coefficient (Wildman–Crippen LogP) is 3.31. The number of aromatic nitrogens is 2. The molecule has 0 radical (unpaired) electrons. The number of hydrogen-bond acceptors (Lipinski definition) is 3. The summed E-state index contributed by atoms with van der Waals surface area (Å²) in [5.74, 6) is 0.176. The largest absolute Gasteiger partial charge is 0.506 e. The topological polar surface area (TPSA) is 46.0 Å². The van der Waals surface area contributed by atoms with Crippen LogP contribution in [0.2, 0.25) is 0 Å². The zero-order chi connectivity index (χ0) is 12.5. The van der Waals surface area contributed by atoms with E-state index in [1.54, 1.807) is 12.3 Å². The van der Waals surface area contributed by atoms with Crippen molar-refractivity contribution in [2.45, 2.75) is 6.92 Å². The Morgan fingerprint density at radius 3 is 2.67 bits per heavy atom. The SMILES string of the molecule is Cc1ccc2cc(-c3cncc(O)c3)ccc2n1. The van der Waals surface area contributed by atoms with E-state index < -0.39 is 0 Å². The molecule has 1 N–H and O–H groups in total. The van der Waals surface area contributed by atoms with E-state index in [4.69, 9.17) is 0 Å². The molecule has 3 aromatic rings.